The molecular formula is C16H12ClFN4. The lowest BCUT2D eigenvalue weighted by Gasteiger charge is -2.08. The van der Waals surface area contributed by atoms with Crippen molar-refractivity contribution in [3.8, 4) is 11.5 Å². The Kier molecular flexibility index (Phi) is 4.25. The quantitative estimate of drug-likeness (QED) is 0.741. The number of hydrogen-bond acceptors (Lipinski definition) is 4. The molecule has 0 aliphatic carbocycles. The van der Waals surface area contributed by atoms with Gasteiger partial charge in [-0.2, -0.15) is 0 Å². The summed E-state index contributed by atoms with van der Waals surface area (Å²) in [7, 11) is 0. The number of aromatic nitrogens is 3. The van der Waals surface area contributed by atoms with E-state index in [-0.39, 0.29) is 5.82 Å². The standard InChI is InChI=1S/C16H12ClFN4/c17-14-9-15(20-10-11-4-3-5-12(18)8-11)22-16(21-14)13-6-1-2-7-19-13/h1-9H,10H2,(H,20,21,22). The first kappa shape index (κ1) is 14.4. The molecule has 1 aromatic carbocycles. The molecule has 0 aliphatic heterocycles. The Bertz CT molecular complexity index is 780. The number of anilines is 1. The van der Waals surface area contributed by atoms with Gasteiger partial charge in [0, 0.05) is 18.8 Å². The van der Waals surface area contributed by atoms with E-state index >= 15 is 0 Å². The van der Waals surface area contributed by atoms with Crippen molar-refractivity contribution in [1.82, 2.24) is 15.0 Å². The molecule has 0 fully saturated rings. The van der Waals surface area contributed by atoms with E-state index in [0.29, 0.717) is 29.0 Å². The first-order chi connectivity index (χ1) is 10.7. The maximum atomic E-state index is 13.2. The molecule has 0 saturated heterocycles. The van der Waals surface area contributed by atoms with Crippen LogP contribution < -0.4 is 5.32 Å². The molecular weight excluding hydrogens is 303 g/mol. The number of nitrogens with zero attached hydrogens (tertiary/aromatic N) is 3. The van der Waals surface area contributed by atoms with Crippen molar-refractivity contribution < 1.29 is 4.39 Å². The molecule has 0 saturated carbocycles. The lowest BCUT2D eigenvalue weighted by atomic mass is 10.2. The normalized spacial score (nSPS) is 10.5. The van der Waals surface area contributed by atoms with E-state index in [0.717, 1.165) is 5.56 Å². The number of nitrogens with one attached hydrogen (secondary N) is 1. The lowest BCUT2D eigenvalue weighted by Crippen LogP contribution is -2.03. The maximum Gasteiger partial charge on any atom is 0.181 e. The molecule has 2 heterocycles. The van der Waals surface area contributed by atoms with Gasteiger partial charge in [-0.25, -0.2) is 14.4 Å². The molecule has 1 N–H and O–H groups in total. The maximum absolute atomic E-state index is 13.2. The number of hydrogen-bond donors (Lipinski definition) is 1. The first-order valence-corrected chi connectivity index (χ1v) is 7.03. The molecule has 4 nitrogen and oxygen atoms in total. The Labute approximate surface area is 132 Å². The zero-order chi connectivity index (χ0) is 15.4. The van der Waals surface area contributed by atoms with Crippen LogP contribution in [0.3, 0.4) is 0 Å². The van der Waals surface area contributed by atoms with Crippen LogP contribution in [0.1, 0.15) is 5.56 Å². The third kappa shape index (κ3) is 3.56. The van der Waals surface area contributed by atoms with Crippen LogP contribution >= 0.6 is 11.6 Å². The average molecular weight is 315 g/mol. The van der Waals surface area contributed by atoms with E-state index in [1.807, 2.05) is 24.3 Å². The molecule has 22 heavy (non-hydrogen) atoms. The van der Waals surface area contributed by atoms with Gasteiger partial charge < -0.3 is 5.32 Å². The smallest absolute Gasteiger partial charge is 0.181 e. The van der Waals surface area contributed by atoms with Gasteiger partial charge >= 0.3 is 0 Å². The molecule has 0 amide bonds. The molecule has 0 spiro atoms. The molecule has 110 valence electrons. The number of halogens is 2. The number of benzene rings is 1. The Hall–Kier alpha value is -2.53. The van der Waals surface area contributed by atoms with Crippen molar-refractivity contribution >= 4 is 17.4 Å². The predicted molar refractivity (Wildman–Crippen MR) is 84.0 cm³/mol. The van der Waals surface area contributed by atoms with Gasteiger partial charge in [0.05, 0.1) is 0 Å². The Morgan fingerprint density at radius 2 is 1.95 bits per heavy atom. The Morgan fingerprint density at radius 3 is 2.73 bits per heavy atom. The monoisotopic (exact) mass is 314 g/mol. The largest absolute Gasteiger partial charge is 0.366 e. The molecule has 3 aromatic rings. The van der Waals surface area contributed by atoms with Crippen molar-refractivity contribution in [2.24, 2.45) is 0 Å². The molecule has 0 aliphatic rings. The van der Waals surface area contributed by atoms with Gasteiger partial charge in [0.25, 0.3) is 0 Å². The zero-order valence-corrected chi connectivity index (χ0v) is 12.3. The molecule has 0 radical (unpaired) electrons. The molecule has 0 bridgehead atoms. The van der Waals surface area contributed by atoms with E-state index in [4.69, 9.17) is 11.6 Å². The lowest BCUT2D eigenvalue weighted by molar-refractivity contribution is 0.626. The van der Waals surface area contributed by atoms with Crippen molar-refractivity contribution in [2.45, 2.75) is 6.54 Å². The van der Waals surface area contributed by atoms with Gasteiger partial charge in [-0.05, 0) is 29.8 Å². The zero-order valence-electron chi connectivity index (χ0n) is 11.5. The second-order valence-corrected chi connectivity index (χ2v) is 4.99. The van der Waals surface area contributed by atoms with Crippen LogP contribution in [0.5, 0.6) is 0 Å². The van der Waals surface area contributed by atoms with Crippen molar-refractivity contribution in [3.63, 3.8) is 0 Å². The highest BCUT2D eigenvalue weighted by molar-refractivity contribution is 6.29. The minimum Gasteiger partial charge on any atom is -0.366 e. The minimum atomic E-state index is -0.269. The molecule has 6 heteroatoms. The molecule has 2 aromatic heterocycles. The van der Waals surface area contributed by atoms with E-state index in [2.05, 4.69) is 20.3 Å². The summed E-state index contributed by atoms with van der Waals surface area (Å²) in [6.45, 7) is 0.437. The highest BCUT2D eigenvalue weighted by Gasteiger charge is 2.07. The Morgan fingerprint density at radius 1 is 1.05 bits per heavy atom. The third-order valence-electron chi connectivity index (χ3n) is 2.95. The van der Waals surface area contributed by atoms with Crippen LogP contribution in [0.25, 0.3) is 11.5 Å². The van der Waals surface area contributed by atoms with E-state index in [1.165, 1.54) is 12.1 Å². The van der Waals surface area contributed by atoms with Gasteiger partial charge in [0.1, 0.15) is 22.5 Å². The summed E-state index contributed by atoms with van der Waals surface area (Å²) in [6.07, 6.45) is 1.67. The number of pyridine rings is 1. The molecule has 0 atom stereocenters. The van der Waals surface area contributed by atoms with Gasteiger partial charge in [0.15, 0.2) is 5.82 Å². The first-order valence-electron chi connectivity index (χ1n) is 6.65. The second kappa shape index (κ2) is 6.49. The van der Waals surface area contributed by atoms with Gasteiger partial charge in [-0.3, -0.25) is 4.98 Å². The summed E-state index contributed by atoms with van der Waals surface area (Å²) in [4.78, 5) is 12.7. The van der Waals surface area contributed by atoms with Crippen LogP contribution in [0, 0.1) is 5.82 Å². The summed E-state index contributed by atoms with van der Waals surface area (Å²) in [5.74, 6) is 0.731. The Balaban J connectivity index is 1.81. The SMILES string of the molecule is Fc1cccc(CNc2cc(Cl)nc(-c3ccccn3)n2)c1. The van der Waals surface area contributed by atoms with E-state index in [1.54, 1.807) is 18.3 Å². The fourth-order valence-corrected chi connectivity index (χ4v) is 2.14. The van der Waals surface area contributed by atoms with Crippen LogP contribution in [0.4, 0.5) is 10.2 Å². The minimum absolute atomic E-state index is 0.269. The average Bonchev–Trinajstić information content (AvgIpc) is 2.53. The topological polar surface area (TPSA) is 50.7 Å². The van der Waals surface area contributed by atoms with Crippen LogP contribution in [0.15, 0.2) is 54.7 Å². The predicted octanol–water partition coefficient (Wildman–Crippen LogP) is 3.94. The summed E-state index contributed by atoms with van der Waals surface area (Å²) >= 11 is 6.03. The highest BCUT2D eigenvalue weighted by atomic mass is 35.5. The highest BCUT2D eigenvalue weighted by Crippen LogP contribution is 2.19. The number of rotatable bonds is 4. The van der Waals surface area contributed by atoms with Crippen LogP contribution in [-0.4, -0.2) is 15.0 Å². The molecule has 3 rings (SSSR count). The van der Waals surface area contributed by atoms with Crippen molar-refractivity contribution in [1.29, 1.82) is 0 Å². The van der Waals surface area contributed by atoms with Crippen LogP contribution in [-0.2, 0) is 6.54 Å². The summed E-state index contributed by atoms with van der Waals surface area (Å²) < 4.78 is 13.2. The fourth-order valence-electron chi connectivity index (χ4n) is 1.96. The van der Waals surface area contributed by atoms with Gasteiger partial charge in [-0.1, -0.05) is 29.8 Å². The van der Waals surface area contributed by atoms with Crippen LogP contribution in [0.2, 0.25) is 5.15 Å². The third-order valence-corrected chi connectivity index (χ3v) is 3.15. The van der Waals surface area contributed by atoms with E-state index in [9.17, 15) is 4.39 Å². The van der Waals surface area contributed by atoms with Crippen molar-refractivity contribution in [3.05, 3.63) is 71.3 Å². The summed E-state index contributed by atoms with van der Waals surface area (Å²) in [5.41, 5.74) is 1.45. The van der Waals surface area contributed by atoms with Gasteiger partial charge in [-0.15, -0.1) is 0 Å². The summed E-state index contributed by atoms with van der Waals surface area (Å²) in [6, 6.07) is 13.5. The van der Waals surface area contributed by atoms with E-state index < -0.39 is 0 Å². The summed E-state index contributed by atoms with van der Waals surface area (Å²) in [5, 5.41) is 3.43. The molecule has 0 unspecified atom stereocenters. The fraction of sp³-hybridized carbons (Fsp3) is 0.0625. The second-order valence-electron chi connectivity index (χ2n) is 4.60. The van der Waals surface area contributed by atoms with Gasteiger partial charge in [0.2, 0.25) is 0 Å². The van der Waals surface area contributed by atoms with Crippen molar-refractivity contribution in [2.75, 3.05) is 5.32 Å².